The van der Waals surface area contributed by atoms with E-state index in [1.165, 1.54) is 36.2 Å². The third kappa shape index (κ3) is 1.75. The highest BCUT2D eigenvalue weighted by molar-refractivity contribution is 5.55. The molecule has 0 saturated heterocycles. The topological polar surface area (TPSA) is 43.3 Å². The maximum atomic E-state index is 5.67. The molecule has 0 unspecified atom stereocenters. The van der Waals surface area contributed by atoms with Gasteiger partial charge in [-0.05, 0) is 44.0 Å². The molecule has 2 aromatic rings. The molecule has 0 radical (unpaired) electrons. The lowest BCUT2D eigenvalue weighted by Gasteiger charge is -2.23. The highest BCUT2D eigenvalue weighted by Gasteiger charge is 2.25. The summed E-state index contributed by atoms with van der Waals surface area (Å²) in [4.78, 5) is 4.83. The standard InChI is InChI=1S/C14H19N3/c1-10-6-8-17-13(9-10)12(5-7-15)16-14(17)11-3-2-4-11/h6,8-9,11H,2-5,7,15H2,1H3. The molecule has 1 aliphatic rings. The lowest BCUT2D eigenvalue weighted by Crippen LogP contribution is -2.12. The molecule has 2 aromatic heterocycles. The number of pyridine rings is 1. The van der Waals surface area contributed by atoms with Crippen molar-refractivity contribution in [2.75, 3.05) is 6.54 Å². The van der Waals surface area contributed by atoms with E-state index in [0.717, 1.165) is 12.1 Å². The van der Waals surface area contributed by atoms with Crippen LogP contribution in [-0.2, 0) is 6.42 Å². The summed E-state index contributed by atoms with van der Waals surface area (Å²) in [6, 6.07) is 4.38. The average Bonchev–Trinajstić information content (AvgIpc) is 2.55. The fraction of sp³-hybridized carbons (Fsp3) is 0.500. The van der Waals surface area contributed by atoms with E-state index in [9.17, 15) is 0 Å². The van der Waals surface area contributed by atoms with Gasteiger partial charge in [0.25, 0.3) is 0 Å². The largest absolute Gasteiger partial charge is 0.330 e. The molecule has 1 saturated carbocycles. The Balaban J connectivity index is 2.15. The van der Waals surface area contributed by atoms with E-state index in [0.29, 0.717) is 12.5 Å². The molecule has 0 atom stereocenters. The summed E-state index contributed by atoms with van der Waals surface area (Å²) in [5, 5.41) is 0. The van der Waals surface area contributed by atoms with Crippen LogP contribution in [0.1, 0.15) is 42.3 Å². The van der Waals surface area contributed by atoms with Crippen molar-refractivity contribution in [3.63, 3.8) is 0 Å². The third-order valence-corrected chi connectivity index (χ3v) is 3.75. The van der Waals surface area contributed by atoms with Gasteiger partial charge in [0.05, 0.1) is 11.2 Å². The zero-order valence-corrected chi connectivity index (χ0v) is 10.3. The molecule has 0 aromatic carbocycles. The van der Waals surface area contributed by atoms with Crippen LogP contribution in [0.15, 0.2) is 18.3 Å². The number of imidazole rings is 1. The van der Waals surface area contributed by atoms with Gasteiger partial charge in [-0.2, -0.15) is 0 Å². The predicted molar refractivity (Wildman–Crippen MR) is 69.3 cm³/mol. The van der Waals surface area contributed by atoms with Gasteiger partial charge < -0.3 is 10.1 Å². The number of hydrogen-bond donors (Lipinski definition) is 1. The SMILES string of the molecule is Cc1ccn2c(C3CCC3)nc(CCN)c2c1. The van der Waals surface area contributed by atoms with E-state index < -0.39 is 0 Å². The number of nitrogens with two attached hydrogens (primary N) is 1. The van der Waals surface area contributed by atoms with Crippen LogP contribution >= 0.6 is 0 Å². The molecule has 17 heavy (non-hydrogen) atoms. The van der Waals surface area contributed by atoms with Crippen molar-refractivity contribution in [3.8, 4) is 0 Å². The average molecular weight is 229 g/mol. The third-order valence-electron chi connectivity index (χ3n) is 3.75. The quantitative estimate of drug-likeness (QED) is 0.878. The molecule has 3 heteroatoms. The van der Waals surface area contributed by atoms with Crippen LogP contribution in [0.3, 0.4) is 0 Å². The molecular formula is C14H19N3. The maximum Gasteiger partial charge on any atom is 0.116 e. The Morgan fingerprint density at radius 2 is 2.29 bits per heavy atom. The number of aryl methyl sites for hydroxylation is 1. The first-order chi connectivity index (χ1) is 8.29. The fourth-order valence-corrected chi connectivity index (χ4v) is 2.55. The highest BCUT2D eigenvalue weighted by atomic mass is 15.0. The van der Waals surface area contributed by atoms with Crippen LogP contribution < -0.4 is 5.73 Å². The van der Waals surface area contributed by atoms with E-state index in [4.69, 9.17) is 10.7 Å². The minimum atomic E-state index is 0.664. The second-order valence-electron chi connectivity index (χ2n) is 5.04. The normalized spacial score (nSPS) is 16.4. The minimum Gasteiger partial charge on any atom is -0.330 e. The van der Waals surface area contributed by atoms with E-state index in [-0.39, 0.29) is 0 Å². The van der Waals surface area contributed by atoms with Crippen molar-refractivity contribution in [1.29, 1.82) is 0 Å². The smallest absolute Gasteiger partial charge is 0.116 e. The van der Waals surface area contributed by atoms with Crippen molar-refractivity contribution < 1.29 is 0 Å². The van der Waals surface area contributed by atoms with Crippen molar-refractivity contribution >= 4 is 5.52 Å². The number of nitrogens with zero attached hydrogens (tertiary/aromatic N) is 2. The number of aromatic nitrogens is 2. The van der Waals surface area contributed by atoms with Gasteiger partial charge in [0.2, 0.25) is 0 Å². The highest BCUT2D eigenvalue weighted by Crippen LogP contribution is 2.36. The van der Waals surface area contributed by atoms with Gasteiger partial charge in [-0.3, -0.25) is 0 Å². The van der Waals surface area contributed by atoms with Crippen LogP contribution in [-0.4, -0.2) is 15.9 Å². The van der Waals surface area contributed by atoms with E-state index in [1.54, 1.807) is 0 Å². The lowest BCUT2D eigenvalue weighted by atomic mass is 9.85. The zero-order valence-electron chi connectivity index (χ0n) is 10.3. The van der Waals surface area contributed by atoms with E-state index in [2.05, 4.69) is 29.7 Å². The molecule has 0 amide bonds. The van der Waals surface area contributed by atoms with Gasteiger partial charge in [0, 0.05) is 18.5 Å². The Labute approximate surface area is 102 Å². The van der Waals surface area contributed by atoms with Gasteiger partial charge in [-0.1, -0.05) is 6.42 Å². The number of rotatable bonds is 3. The molecule has 2 heterocycles. The second kappa shape index (κ2) is 4.15. The Kier molecular flexibility index (Phi) is 2.63. The molecule has 0 bridgehead atoms. The number of fused-ring (bicyclic) bond motifs is 1. The zero-order chi connectivity index (χ0) is 11.8. The van der Waals surface area contributed by atoms with Crippen LogP contribution in [0.25, 0.3) is 5.52 Å². The van der Waals surface area contributed by atoms with E-state index in [1.807, 2.05) is 0 Å². The molecule has 90 valence electrons. The Morgan fingerprint density at radius 1 is 1.47 bits per heavy atom. The number of hydrogen-bond acceptors (Lipinski definition) is 2. The molecule has 0 aliphatic heterocycles. The van der Waals surface area contributed by atoms with Crippen LogP contribution in [0, 0.1) is 6.92 Å². The summed E-state index contributed by atoms with van der Waals surface area (Å²) >= 11 is 0. The van der Waals surface area contributed by atoms with Gasteiger partial charge >= 0.3 is 0 Å². The van der Waals surface area contributed by atoms with Crippen molar-refractivity contribution in [1.82, 2.24) is 9.38 Å². The minimum absolute atomic E-state index is 0.664. The molecule has 1 aliphatic carbocycles. The fourth-order valence-electron chi connectivity index (χ4n) is 2.55. The first-order valence-electron chi connectivity index (χ1n) is 6.47. The molecule has 3 rings (SSSR count). The Morgan fingerprint density at radius 3 is 2.94 bits per heavy atom. The van der Waals surface area contributed by atoms with Gasteiger partial charge in [-0.15, -0.1) is 0 Å². The van der Waals surface area contributed by atoms with E-state index >= 15 is 0 Å². The Bertz CT molecular complexity index is 538. The van der Waals surface area contributed by atoms with Gasteiger partial charge in [0.1, 0.15) is 5.82 Å². The monoisotopic (exact) mass is 229 g/mol. The summed E-state index contributed by atoms with van der Waals surface area (Å²) < 4.78 is 2.27. The predicted octanol–water partition coefficient (Wildman–Crippen LogP) is 2.41. The van der Waals surface area contributed by atoms with Crippen LogP contribution in [0.5, 0.6) is 0 Å². The first-order valence-corrected chi connectivity index (χ1v) is 6.47. The van der Waals surface area contributed by atoms with Crippen LogP contribution in [0.4, 0.5) is 0 Å². The summed E-state index contributed by atoms with van der Waals surface area (Å²) in [7, 11) is 0. The molecule has 0 spiro atoms. The van der Waals surface area contributed by atoms with Crippen molar-refractivity contribution in [3.05, 3.63) is 35.4 Å². The molecule has 3 nitrogen and oxygen atoms in total. The van der Waals surface area contributed by atoms with Gasteiger partial charge in [-0.25, -0.2) is 4.98 Å². The van der Waals surface area contributed by atoms with Crippen molar-refractivity contribution in [2.45, 2.75) is 38.5 Å². The summed E-state index contributed by atoms with van der Waals surface area (Å²) in [5.41, 5.74) is 9.37. The first kappa shape index (κ1) is 10.8. The summed E-state index contributed by atoms with van der Waals surface area (Å²) in [5.74, 6) is 1.91. The lowest BCUT2D eigenvalue weighted by molar-refractivity contribution is 0.400. The van der Waals surface area contributed by atoms with Crippen LogP contribution in [0.2, 0.25) is 0 Å². The molecule has 2 N–H and O–H groups in total. The Hall–Kier alpha value is -1.35. The maximum absolute atomic E-state index is 5.67. The second-order valence-corrected chi connectivity index (χ2v) is 5.04. The van der Waals surface area contributed by atoms with Gasteiger partial charge in [0.15, 0.2) is 0 Å². The molecular weight excluding hydrogens is 210 g/mol. The summed E-state index contributed by atoms with van der Waals surface area (Å²) in [6.45, 7) is 2.80. The van der Waals surface area contributed by atoms with Crippen molar-refractivity contribution in [2.24, 2.45) is 5.73 Å². The molecule has 1 fully saturated rings. The summed E-state index contributed by atoms with van der Waals surface area (Å²) in [6.07, 6.45) is 6.95.